The van der Waals surface area contributed by atoms with E-state index in [1.165, 1.54) is 6.07 Å². The predicted molar refractivity (Wildman–Crippen MR) is 92.1 cm³/mol. The molecule has 0 atom stereocenters. The summed E-state index contributed by atoms with van der Waals surface area (Å²) >= 11 is 0. The largest absolute Gasteiger partial charge is 0.460 e. The van der Waals surface area contributed by atoms with Crippen LogP contribution in [0.3, 0.4) is 0 Å². The van der Waals surface area contributed by atoms with E-state index in [-0.39, 0.29) is 11.5 Å². The molecule has 6 heteroatoms. The van der Waals surface area contributed by atoms with Crippen molar-refractivity contribution in [2.24, 2.45) is 0 Å². The van der Waals surface area contributed by atoms with Gasteiger partial charge in [0.1, 0.15) is 13.2 Å². The molecule has 1 N–H and O–H groups in total. The Labute approximate surface area is 142 Å². The summed E-state index contributed by atoms with van der Waals surface area (Å²) in [5, 5.41) is 0. The van der Waals surface area contributed by atoms with Crippen LogP contribution >= 0.6 is 0 Å². The number of benzene rings is 2. The van der Waals surface area contributed by atoms with Crippen LogP contribution in [-0.2, 0) is 26.2 Å². The highest BCUT2D eigenvalue weighted by atomic mass is 32.2. The number of carbonyl (C=O) groups excluding carboxylic acids is 1. The van der Waals surface area contributed by atoms with Gasteiger partial charge in [0.25, 0.3) is 0 Å². The van der Waals surface area contributed by atoms with Crippen molar-refractivity contribution < 1.29 is 17.9 Å². The van der Waals surface area contributed by atoms with Crippen LogP contribution in [0.4, 0.5) is 0 Å². The molecule has 128 valence electrons. The van der Waals surface area contributed by atoms with Crippen molar-refractivity contribution in [1.82, 2.24) is 4.72 Å². The minimum absolute atomic E-state index is 0.122. The highest BCUT2D eigenvalue weighted by molar-refractivity contribution is 7.89. The number of hydrogen-bond acceptors (Lipinski definition) is 4. The van der Waals surface area contributed by atoms with E-state index in [1.54, 1.807) is 12.1 Å². The first-order chi connectivity index (χ1) is 11.3. The number of carbonyl (C=O) groups is 1. The maximum atomic E-state index is 12.2. The van der Waals surface area contributed by atoms with E-state index in [0.717, 1.165) is 22.3 Å². The predicted octanol–water partition coefficient (Wildman–Crippen LogP) is 2.63. The number of rotatable bonds is 6. The summed E-state index contributed by atoms with van der Waals surface area (Å²) < 4.78 is 31.8. The standard InChI is InChI=1S/C18H21NO4S/c1-13-8-9-17(10-15(13)3)24(21,22)19-11-18(20)23-12-16-7-5-4-6-14(16)2/h4-10,19H,11-12H2,1-3H3. The van der Waals surface area contributed by atoms with Gasteiger partial charge in [-0.25, -0.2) is 8.42 Å². The maximum absolute atomic E-state index is 12.2. The zero-order valence-corrected chi connectivity index (χ0v) is 14.8. The van der Waals surface area contributed by atoms with Crippen molar-refractivity contribution >= 4 is 16.0 Å². The fraction of sp³-hybridized carbons (Fsp3) is 0.278. The number of sulfonamides is 1. The number of hydrogen-bond donors (Lipinski definition) is 1. The van der Waals surface area contributed by atoms with E-state index < -0.39 is 22.5 Å². The molecule has 2 aromatic carbocycles. The number of aryl methyl sites for hydroxylation is 3. The quantitative estimate of drug-likeness (QED) is 0.816. The molecular weight excluding hydrogens is 326 g/mol. The molecule has 0 aliphatic rings. The molecule has 0 amide bonds. The van der Waals surface area contributed by atoms with Crippen molar-refractivity contribution in [2.45, 2.75) is 32.3 Å². The molecule has 2 aromatic rings. The third-order valence-electron chi connectivity index (χ3n) is 3.85. The molecule has 0 aliphatic carbocycles. The summed E-state index contributed by atoms with van der Waals surface area (Å²) in [6.07, 6.45) is 0. The second kappa shape index (κ2) is 7.59. The molecule has 0 bridgehead atoms. The minimum atomic E-state index is -3.74. The first kappa shape index (κ1) is 18.2. The molecular formula is C18H21NO4S. The van der Waals surface area contributed by atoms with E-state index in [0.29, 0.717) is 0 Å². The second-order valence-electron chi connectivity index (χ2n) is 5.66. The Balaban J connectivity index is 1.93. The third kappa shape index (κ3) is 4.66. The van der Waals surface area contributed by atoms with Gasteiger partial charge in [-0.15, -0.1) is 0 Å². The minimum Gasteiger partial charge on any atom is -0.460 e. The fourth-order valence-corrected chi connectivity index (χ4v) is 3.15. The molecule has 2 rings (SSSR count). The van der Waals surface area contributed by atoms with Gasteiger partial charge in [-0.05, 0) is 55.2 Å². The SMILES string of the molecule is Cc1ccc(S(=O)(=O)NCC(=O)OCc2ccccc2C)cc1C. The molecule has 0 fully saturated rings. The van der Waals surface area contributed by atoms with Gasteiger partial charge in [-0.2, -0.15) is 4.72 Å². The van der Waals surface area contributed by atoms with E-state index >= 15 is 0 Å². The lowest BCUT2D eigenvalue weighted by Crippen LogP contribution is -2.30. The summed E-state index contributed by atoms with van der Waals surface area (Å²) in [5.41, 5.74) is 3.79. The second-order valence-corrected chi connectivity index (χ2v) is 7.42. The first-order valence-corrected chi connectivity index (χ1v) is 9.05. The Morgan fingerprint density at radius 3 is 2.38 bits per heavy atom. The van der Waals surface area contributed by atoms with Crippen LogP contribution in [0.2, 0.25) is 0 Å². The van der Waals surface area contributed by atoms with Crippen molar-refractivity contribution in [3.8, 4) is 0 Å². The highest BCUT2D eigenvalue weighted by Gasteiger charge is 2.16. The number of esters is 1. The molecule has 5 nitrogen and oxygen atoms in total. The lowest BCUT2D eigenvalue weighted by Gasteiger charge is -2.10. The Hall–Kier alpha value is -2.18. The van der Waals surface area contributed by atoms with Gasteiger partial charge in [0.15, 0.2) is 0 Å². The molecule has 0 aliphatic heterocycles. The smallest absolute Gasteiger partial charge is 0.321 e. The number of nitrogens with one attached hydrogen (secondary N) is 1. The molecule has 0 heterocycles. The molecule has 0 aromatic heterocycles. The lowest BCUT2D eigenvalue weighted by atomic mass is 10.1. The van der Waals surface area contributed by atoms with Crippen LogP contribution in [0.1, 0.15) is 22.3 Å². The monoisotopic (exact) mass is 347 g/mol. The van der Waals surface area contributed by atoms with Crippen LogP contribution in [0.15, 0.2) is 47.4 Å². The van der Waals surface area contributed by atoms with Crippen LogP contribution in [0, 0.1) is 20.8 Å². The summed E-state index contributed by atoms with van der Waals surface area (Å²) in [5.74, 6) is -0.620. The van der Waals surface area contributed by atoms with Gasteiger partial charge < -0.3 is 4.74 Å². The van der Waals surface area contributed by atoms with E-state index in [9.17, 15) is 13.2 Å². The van der Waals surface area contributed by atoms with Gasteiger partial charge in [-0.3, -0.25) is 4.79 Å². The summed E-state index contributed by atoms with van der Waals surface area (Å²) in [6.45, 7) is 5.39. The van der Waals surface area contributed by atoms with Gasteiger partial charge in [0.2, 0.25) is 10.0 Å². The maximum Gasteiger partial charge on any atom is 0.321 e. The Kier molecular flexibility index (Phi) is 5.75. The Bertz CT molecular complexity index is 844. The summed E-state index contributed by atoms with van der Waals surface area (Å²) in [6, 6.07) is 12.4. The van der Waals surface area contributed by atoms with Gasteiger partial charge >= 0.3 is 5.97 Å². The van der Waals surface area contributed by atoms with E-state index in [1.807, 2.05) is 45.0 Å². The van der Waals surface area contributed by atoms with Crippen LogP contribution in [-0.4, -0.2) is 20.9 Å². The zero-order chi connectivity index (χ0) is 17.7. The van der Waals surface area contributed by atoms with Crippen LogP contribution in [0.25, 0.3) is 0 Å². The van der Waals surface area contributed by atoms with Gasteiger partial charge in [0, 0.05) is 0 Å². The average Bonchev–Trinajstić information content (AvgIpc) is 2.54. The van der Waals surface area contributed by atoms with Crippen molar-refractivity contribution in [3.63, 3.8) is 0 Å². The fourth-order valence-electron chi connectivity index (χ4n) is 2.10. The molecule has 0 saturated carbocycles. The summed E-state index contributed by atoms with van der Waals surface area (Å²) in [7, 11) is -3.74. The molecule has 0 unspecified atom stereocenters. The molecule has 0 spiro atoms. The molecule has 0 saturated heterocycles. The van der Waals surface area contributed by atoms with Crippen molar-refractivity contribution in [3.05, 3.63) is 64.7 Å². The molecule has 24 heavy (non-hydrogen) atoms. The van der Waals surface area contributed by atoms with E-state index in [4.69, 9.17) is 4.74 Å². The van der Waals surface area contributed by atoms with E-state index in [2.05, 4.69) is 4.72 Å². The molecule has 0 radical (unpaired) electrons. The Morgan fingerprint density at radius 1 is 1.00 bits per heavy atom. The Morgan fingerprint density at radius 2 is 1.71 bits per heavy atom. The summed E-state index contributed by atoms with van der Waals surface area (Å²) in [4.78, 5) is 11.9. The highest BCUT2D eigenvalue weighted by Crippen LogP contribution is 2.14. The third-order valence-corrected chi connectivity index (χ3v) is 5.24. The zero-order valence-electron chi connectivity index (χ0n) is 14.0. The number of ether oxygens (including phenoxy) is 1. The van der Waals surface area contributed by atoms with Crippen LogP contribution < -0.4 is 4.72 Å². The van der Waals surface area contributed by atoms with Crippen molar-refractivity contribution in [1.29, 1.82) is 0 Å². The van der Waals surface area contributed by atoms with Crippen molar-refractivity contribution in [2.75, 3.05) is 6.54 Å². The van der Waals surface area contributed by atoms with Gasteiger partial charge in [-0.1, -0.05) is 30.3 Å². The topological polar surface area (TPSA) is 72.5 Å². The first-order valence-electron chi connectivity index (χ1n) is 7.56. The normalized spacial score (nSPS) is 11.3. The average molecular weight is 347 g/mol. The lowest BCUT2D eigenvalue weighted by molar-refractivity contribution is -0.143. The van der Waals surface area contributed by atoms with Crippen LogP contribution in [0.5, 0.6) is 0 Å². The van der Waals surface area contributed by atoms with Gasteiger partial charge in [0.05, 0.1) is 4.90 Å².